The maximum atomic E-state index is 11.8. The monoisotopic (exact) mass is 258 g/mol. The van der Waals surface area contributed by atoms with E-state index >= 15 is 0 Å². The summed E-state index contributed by atoms with van der Waals surface area (Å²) in [5.41, 5.74) is 6.70. The summed E-state index contributed by atoms with van der Waals surface area (Å²) in [5, 5.41) is 2.18. The number of pyridine rings is 1. The van der Waals surface area contributed by atoms with E-state index in [9.17, 15) is 4.79 Å². The molecule has 19 heavy (non-hydrogen) atoms. The van der Waals surface area contributed by atoms with Crippen molar-refractivity contribution in [2.75, 3.05) is 13.2 Å². The Kier molecular flexibility index (Phi) is 4.47. The minimum absolute atomic E-state index is 0.238. The van der Waals surface area contributed by atoms with E-state index in [-0.39, 0.29) is 18.4 Å². The first-order chi connectivity index (χ1) is 9.26. The highest BCUT2D eigenvalue weighted by molar-refractivity contribution is 5.85. The van der Waals surface area contributed by atoms with Gasteiger partial charge in [-0.2, -0.15) is 0 Å². The third kappa shape index (κ3) is 3.09. The second-order valence-electron chi connectivity index (χ2n) is 4.41. The standard InChI is InChI=1S/C15H18N2O2/c1-2-19-15(18)12(8-16)7-13-10-17-9-11-5-3-4-6-14(11)13/h3-6,9-10,12H,2,7-8,16H2,1H3. The smallest absolute Gasteiger partial charge is 0.310 e. The van der Waals surface area contributed by atoms with Crippen LogP contribution in [0.15, 0.2) is 36.7 Å². The molecule has 4 nitrogen and oxygen atoms in total. The van der Waals surface area contributed by atoms with Crippen LogP contribution in [-0.4, -0.2) is 24.1 Å². The van der Waals surface area contributed by atoms with Crippen molar-refractivity contribution in [1.82, 2.24) is 4.98 Å². The highest BCUT2D eigenvalue weighted by Crippen LogP contribution is 2.20. The Morgan fingerprint density at radius 2 is 2.16 bits per heavy atom. The topological polar surface area (TPSA) is 65.2 Å². The van der Waals surface area contributed by atoms with Crippen LogP contribution in [0.1, 0.15) is 12.5 Å². The van der Waals surface area contributed by atoms with Crippen LogP contribution in [0.5, 0.6) is 0 Å². The van der Waals surface area contributed by atoms with E-state index in [0.717, 1.165) is 16.3 Å². The molecule has 0 saturated heterocycles. The highest BCUT2D eigenvalue weighted by Gasteiger charge is 2.19. The number of benzene rings is 1. The number of esters is 1. The zero-order chi connectivity index (χ0) is 13.7. The molecule has 0 radical (unpaired) electrons. The molecule has 2 N–H and O–H groups in total. The predicted molar refractivity (Wildman–Crippen MR) is 74.6 cm³/mol. The average molecular weight is 258 g/mol. The SMILES string of the molecule is CCOC(=O)C(CN)Cc1cncc2ccccc12. The molecule has 0 aliphatic rings. The van der Waals surface area contributed by atoms with Gasteiger partial charge in [0, 0.05) is 24.3 Å². The van der Waals surface area contributed by atoms with Crippen molar-refractivity contribution in [3.63, 3.8) is 0 Å². The van der Waals surface area contributed by atoms with Crippen LogP contribution >= 0.6 is 0 Å². The lowest BCUT2D eigenvalue weighted by Gasteiger charge is -2.14. The van der Waals surface area contributed by atoms with E-state index in [0.29, 0.717) is 13.0 Å². The number of carbonyl (C=O) groups is 1. The van der Waals surface area contributed by atoms with Gasteiger partial charge in [0.25, 0.3) is 0 Å². The zero-order valence-electron chi connectivity index (χ0n) is 11.0. The molecular weight excluding hydrogens is 240 g/mol. The van der Waals surface area contributed by atoms with Gasteiger partial charge in [-0.1, -0.05) is 24.3 Å². The molecule has 100 valence electrons. The Labute approximate surface area is 112 Å². The number of aromatic nitrogens is 1. The Bertz CT molecular complexity index is 564. The van der Waals surface area contributed by atoms with Gasteiger partial charge in [0.15, 0.2) is 0 Å². The molecule has 1 aromatic carbocycles. The van der Waals surface area contributed by atoms with Gasteiger partial charge in [-0.15, -0.1) is 0 Å². The molecule has 0 fully saturated rings. The normalized spacial score (nSPS) is 12.3. The number of hydrogen-bond donors (Lipinski definition) is 1. The van der Waals surface area contributed by atoms with Gasteiger partial charge in [0.2, 0.25) is 0 Å². The molecule has 1 unspecified atom stereocenters. The summed E-state index contributed by atoms with van der Waals surface area (Å²) in [4.78, 5) is 16.0. The molecule has 0 spiro atoms. The molecule has 2 rings (SSSR count). The van der Waals surface area contributed by atoms with E-state index in [1.165, 1.54) is 0 Å². The summed E-state index contributed by atoms with van der Waals surface area (Å²) in [7, 11) is 0. The summed E-state index contributed by atoms with van der Waals surface area (Å²) in [5.74, 6) is -0.550. The van der Waals surface area contributed by atoms with Crippen LogP contribution in [0, 0.1) is 5.92 Å². The van der Waals surface area contributed by atoms with Crippen LogP contribution < -0.4 is 5.73 Å². The maximum absolute atomic E-state index is 11.8. The fourth-order valence-electron chi connectivity index (χ4n) is 2.13. The second-order valence-corrected chi connectivity index (χ2v) is 4.41. The number of fused-ring (bicyclic) bond motifs is 1. The van der Waals surface area contributed by atoms with Gasteiger partial charge in [0.05, 0.1) is 12.5 Å². The van der Waals surface area contributed by atoms with Crippen molar-refractivity contribution in [2.24, 2.45) is 11.7 Å². The molecule has 1 aromatic heterocycles. The van der Waals surface area contributed by atoms with Gasteiger partial charge >= 0.3 is 5.97 Å². The third-order valence-corrected chi connectivity index (χ3v) is 3.12. The van der Waals surface area contributed by atoms with Crippen molar-refractivity contribution in [2.45, 2.75) is 13.3 Å². The van der Waals surface area contributed by atoms with E-state index in [1.54, 1.807) is 13.1 Å². The Morgan fingerprint density at radius 3 is 2.89 bits per heavy atom. The number of rotatable bonds is 5. The van der Waals surface area contributed by atoms with E-state index < -0.39 is 0 Å². The van der Waals surface area contributed by atoms with E-state index in [4.69, 9.17) is 10.5 Å². The third-order valence-electron chi connectivity index (χ3n) is 3.12. The number of carbonyl (C=O) groups excluding carboxylic acids is 1. The molecule has 1 heterocycles. The Hall–Kier alpha value is -1.94. The van der Waals surface area contributed by atoms with Crippen LogP contribution in [0.2, 0.25) is 0 Å². The fourth-order valence-corrected chi connectivity index (χ4v) is 2.13. The molecule has 0 aliphatic heterocycles. The van der Waals surface area contributed by atoms with E-state index in [2.05, 4.69) is 4.98 Å². The molecule has 0 bridgehead atoms. The van der Waals surface area contributed by atoms with Crippen LogP contribution in [-0.2, 0) is 16.0 Å². The van der Waals surface area contributed by atoms with E-state index in [1.807, 2.05) is 30.5 Å². The largest absolute Gasteiger partial charge is 0.466 e. The molecule has 0 aliphatic carbocycles. The lowest BCUT2D eigenvalue weighted by atomic mass is 9.97. The summed E-state index contributed by atoms with van der Waals surface area (Å²) in [6.07, 6.45) is 4.18. The molecule has 0 saturated carbocycles. The van der Waals surface area contributed by atoms with Crippen LogP contribution in [0.25, 0.3) is 10.8 Å². The van der Waals surface area contributed by atoms with Crippen LogP contribution in [0.3, 0.4) is 0 Å². The molecule has 1 atom stereocenters. The van der Waals surface area contributed by atoms with Crippen molar-refractivity contribution in [1.29, 1.82) is 0 Å². The molecule has 2 aromatic rings. The minimum atomic E-state index is -0.312. The molecule has 4 heteroatoms. The fraction of sp³-hybridized carbons (Fsp3) is 0.333. The summed E-state index contributed by atoms with van der Waals surface area (Å²) >= 11 is 0. The summed E-state index contributed by atoms with van der Waals surface area (Å²) in [6, 6.07) is 7.99. The van der Waals surface area contributed by atoms with Crippen LogP contribution in [0.4, 0.5) is 0 Å². The zero-order valence-corrected chi connectivity index (χ0v) is 11.0. The van der Waals surface area contributed by atoms with Crippen molar-refractivity contribution < 1.29 is 9.53 Å². The Balaban J connectivity index is 2.27. The quantitative estimate of drug-likeness (QED) is 0.832. The number of nitrogens with zero attached hydrogens (tertiary/aromatic N) is 1. The first-order valence-corrected chi connectivity index (χ1v) is 6.44. The first kappa shape index (κ1) is 13.5. The number of ether oxygens (including phenoxy) is 1. The van der Waals surface area contributed by atoms with Gasteiger partial charge in [0.1, 0.15) is 0 Å². The molecular formula is C15H18N2O2. The van der Waals surface area contributed by atoms with Gasteiger partial charge in [-0.05, 0) is 24.3 Å². The number of nitrogens with two attached hydrogens (primary N) is 1. The first-order valence-electron chi connectivity index (χ1n) is 6.44. The van der Waals surface area contributed by atoms with Crippen molar-refractivity contribution in [3.8, 4) is 0 Å². The maximum Gasteiger partial charge on any atom is 0.310 e. The lowest BCUT2D eigenvalue weighted by Crippen LogP contribution is -2.27. The van der Waals surface area contributed by atoms with Crippen molar-refractivity contribution in [3.05, 3.63) is 42.2 Å². The summed E-state index contributed by atoms with van der Waals surface area (Å²) < 4.78 is 5.04. The van der Waals surface area contributed by atoms with Gasteiger partial charge < -0.3 is 10.5 Å². The number of hydrogen-bond acceptors (Lipinski definition) is 4. The molecule has 0 amide bonds. The van der Waals surface area contributed by atoms with Gasteiger partial charge in [-0.3, -0.25) is 9.78 Å². The highest BCUT2D eigenvalue weighted by atomic mass is 16.5. The second kappa shape index (κ2) is 6.29. The minimum Gasteiger partial charge on any atom is -0.466 e. The van der Waals surface area contributed by atoms with Crippen molar-refractivity contribution >= 4 is 16.7 Å². The average Bonchev–Trinajstić information content (AvgIpc) is 2.45. The Morgan fingerprint density at radius 1 is 1.37 bits per heavy atom. The summed E-state index contributed by atoms with van der Waals surface area (Å²) in [6.45, 7) is 2.45. The predicted octanol–water partition coefficient (Wildman–Crippen LogP) is 1.92. The lowest BCUT2D eigenvalue weighted by molar-refractivity contribution is -0.147. The van der Waals surface area contributed by atoms with Gasteiger partial charge in [-0.25, -0.2) is 0 Å².